The molecule has 1 fully saturated rings. The maximum atomic E-state index is 6.02. The molecule has 0 aliphatic carbocycles. The van der Waals surface area contributed by atoms with Gasteiger partial charge in [-0.25, -0.2) is 4.98 Å². The van der Waals surface area contributed by atoms with Crippen LogP contribution in [0.1, 0.15) is 23.6 Å². The predicted octanol–water partition coefficient (Wildman–Crippen LogP) is 4.78. The van der Waals surface area contributed by atoms with Crippen LogP contribution in [-0.4, -0.2) is 36.2 Å². The average Bonchev–Trinajstić information content (AvgIpc) is 3.20. The first-order valence-corrected chi connectivity index (χ1v) is 10.3. The van der Waals surface area contributed by atoms with Gasteiger partial charge in [-0.05, 0) is 36.8 Å². The van der Waals surface area contributed by atoms with E-state index in [1.807, 2.05) is 19.1 Å². The Kier molecular flexibility index (Phi) is 5.82. The highest BCUT2D eigenvalue weighted by Gasteiger charge is 2.24. The smallest absolute Gasteiger partial charge is 0.124 e. The second kappa shape index (κ2) is 8.65. The van der Waals surface area contributed by atoms with E-state index in [4.69, 9.17) is 14.5 Å². The Labute approximate surface area is 164 Å². The van der Waals surface area contributed by atoms with E-state index in [9.17, 15) is 0 Å². The van der Waals surface area contributed by atoms with Gasteiger partial charge in [-0.3, -0.25) is 4.90 Å². The summed E-state index contributed by atoms with van der Waals surface area (Å²) < 4.78 is 11.5. The van der Waals surface area contributed by atoms with E-state index in [0.29, 0.717) is 6.61 Å². The third kappa shape index (κ3) is 4.56. The first kappa shape index (κ1) is 18.2. The Morgan fingerprint density at radius 2 is 1.96 bits per heavy atom. The van der Waals surface area contributed by atoms with Gasteiger partial charge in [0.2, 0.25) is 0 Å². The predicted molar refractivity (Wildman–Crippen MR) is 109 cm³/mol. The van der Waals surface area contributed by atoms with Crippen molar-refractivity contribution in [1.29, 1.82) is 0 Å². The Morgan fingerprint density at radius 3 is 2.74 bits per heavy atom. The highest BCUT2D eigenvalue weighted by atomic mass is 32.1. The fourth-order valence-corrected chi connectivity index (χ4v) is 4.16. The molecule has 1 atom stereocenters. The third-order valence-corrected chi connectivity index (χ3v) is 5.59. The fourth-order valence-electron chi connectivity index (χ4n) is 3.29. The largest absolute Gasteiger partial charge is 0.494 e. The lowest BCUT2D eigenvalue weighted by Crippen LogP contribution is -2.37. The van der Waals surface area contributed by atoms with E-state index in [0.717, 1.165) is 48.3 Å². The van der Waals surface area contributed by atoms with Crippen LogP contribution in [0.4, 0.5) is 0 Å². The SMILES string of the molecule is CCOc1ccc(-c2csc(C3CN(Cc4ccccc4)CCO3)n2)cc1. The lowest BCUT2D eigenvalue weighted by atomic mass is 10.1. The van der Waals surface area contributed by atoms with Crippen LogP contribution in [0.25, 0.3) is 11.3 Å². The minimum absolute atomic E-state index is 0.0453. The summed E-state index contributed by atoms with van der Waals surface area (Å²) in [6.45, 7) is 6.21. The summed E-state index contributed by atoms with van der Waals surface area (Å²) in [5, 5.41) is 3.17. The van der Waals surface area contributed by atoms with Crippen LogP contribution in [-0.2, 0) is 11.3 Å². The maximum absolute atomic E-state index is 6.02. The first-order chi connectivity index (χ1) is 13.3. The topological polar surface area (TPSA) is 34.6 Å². The number of ether oxygens (including phenoxy) is 2. The molecule has 0 N–H and O–H groups in total. The number of benzene rings is 2. The number of rotatable bonds is 6. The van der Waals surface area contributed by atoms with Gasteiger partial charge in [0.25, 0.3) is 0 Å². The molecule has 4 nitrogen and oxygen atoms in total. The van der Waals surface area contributed by atoms with E-state index >= 15 is 0 Å². The Hall–Kier alpha value is -2.21. The van der Waals surface area contributed by atoms with Crippen molar-refractivity contribution in [3.8, 4) is 17.0 Å². The molecule has 1 saturated heterocycles. The summed E-state index contributed by atoms with van der Waals surface area (Å²) in [7, 11) is 0. The molecule has 4 rings (SSSR count). The summed E-state index contributed by atoms with van der Waals surface area (Å²) in [6.07, 6.45) is 0.0453. The molecule has 1 aliphatic heterocycles. The number of nitrogens with zero attached hydrogens (tertiary/aromatic N) is 2. The van der Waals surface area contributed by atoms with E-state index in [1.165, 1.54) is 5.56 Å². The van der Waals surface area contributed by atoms with Crippen molar-refractivity contribution in [1.82, 2.24) is 9.88 Å². The maximum Gasteiger partial charge on any atom is 0.124 e. The van der Waals surface area contributed by atoms with Gasteiger partial charge >= 0.3 is 0 Å². The van der Waals surface area contributed by atoms with Crippen molar-refractivity contribution in [3.05, 3.63) is 70.5 Å². The zero-order valence-corrected chi connectivity index (χ0v) is 16.3. The summed E-state index contributed by atoms with van der Waals surface area (Å²) in [4.78, 5) is 7.29. The van der Waals surface area contributed by atoms with Crippen LogP contribution in [0.5, 0.6) is 5.75 Å². The zero-order valence-electron chi connectivity index (χ0n) is 15.5. The van der Waals surface area contributed by atoms with Crippen molar-refractivity contribution in [2.24, 2.45) is 0 Å². The molecule has 2 heterocycles. The molecule has 0 spiro atoms. The molecule has 140 valence electrons. The monoisotopic (exact) mass is 380 g/mol. The molecular weight excluding hydrogens is 356 g/mol. The van der Waals surface area contributed by atoms with Crippen LogP contribution in [0.3, 0.4) is 0 Å². The van der Waals surface area contributed by atoms with E-state index in [1.54, 1.807) is 11.3 Å². The van der Waals surface area contributed by atoms with Gasteiger partial charge in [0.05, 0.1) is 18.9 Å². The molecule has 27 heavy (non-hydrogen) atoms. The Bertz CT molecular complexity index is 848. The Balaban J connectivity index is 1.43. The number of hydrogen-bond donors (Lipinski definition) is 0. The van der Waals surface area contributed by atoms with E-state index in [2.05, 4.69) is 52.7 Å². The highest BCUT2D eigenvalue weighted by molar-refractivity contribution is 7.10. The minimum Gasteiger partial charge on any atom is -0.494 e. The van der Waals surface area contributed by atoms with Crippen LogP contribution >= 0.6 is 11.3 Å². The quantitative estimate of drug-likeness (QED) is 0.616. The number of morpholine rings is 1. The van der Waals surface area contributed by atoms with Crippen molar-refractivity contribution >= 4 is 11.3 Å². The molecule has 0 radical (unpaired) electrons. The normalized spacial score (nSPS) is 17.7. The molecule has 0 amide bonds. The standard InChI is InChI=1S/C22H24N2O2S/c1-2-25-19-10-8-18(9-11-19)20-16-27-22(23-20)21-15-24(12-13-26-21)14-17-6-4-3-5-7-17/h3-11,16,21H,2,12-15H2,1H3. The van der Waals surface area contributed by atoms with E-state index < -0.39 is 0 Å². The van der Waals surface area contributed by atoms with Gasteiger partial charge < -0.3 is 9.47 Å². The van der Waals surface area contributed by atoms with Gasteiger partial charge in [0, 0.05) is 30.6 Å². The van der Waals surface area contributed by atoms with Crippen LogP contribution < -0.4 is 4.74 Å². The minimum atomic E-state index is 0.0453. The molecule has 3 aromatic rings. The average molecular weight is 381 g/mol. The summed E-state index contributed by atoms with van der Waals surface area (Å²) >= 11 is 1.68. The first-order valence-electron chi connectivity index (χ1n) is 9.38. The molecule has 0 bridgehead atoms. The van der Waals surface area contributed by atoms with Crippen molar-refractivity contribution in [2.75, 3.05) is 26.3 Å². The Morgan fingerprint density at radius 1 is 1.15 bits per heavy atom. The molecule has 1 aromatic heterocycles. The molecule has 1 unspecified atom stereocenters. The summed E-state index contributed by atoms with van der Waals surface area (Å²) in [5.41, 5.74) is 3.45. The summed E-state index contributed by atoms with van der Waals surface area (Å²) in [5.74, 6) is 0.892. The highest BCUT2D eigenvalue weighted by Crippen LogP contribution is 2.30. The molecule has 1 aliphatic rings. The third-order valence-electron chi connectivity index (χ3n) is 4.66. The summed E-state index contributed by atoms with van der Waals surface area (Å²) in [6, 6.07) is 18.7. The van der Waals surface area contributed by atoms with Crippen LogP contribution in [0.15, 0.2) is 60.0 Å². The number of aromatic nitrogens is 1. The van der Waals surface area contributed by atoms with Gasteiger partial charge in [-0.1, -0.05) is 30.3 Å². The second-order valence-electron chi connectivity index (χ2n) is 6.61. The fraction of sp³-hybridized carbons (Fsp3) is 0.318. The molecule has 5 heteroatoms. The van der Waals surface area contributed by atoms with Gasteiger partial charge in [0.1, 0.15) is 16.9 Å². The van der Waals surface area contributed by atoms with Crippen molar-refractivity contribution in [2.45, 2.75) is 19.6 Å². The molecule has 0 saturated carbocycles. The lowest BCUT2D eigenvalue weighted by molar-refractivity contribution is -0.0329. The van der Waals surface area contributed by atoms with Crippen LogP contribution in [0, 0.1) is 0 Å². The second-order valence-corrected chi connectivity index (χ2v) is 7.50. The van der Waals surface area contributed by atoms with Gasteiger partial charge in [0.15, 0.2) is 0 Å². The van der Waals surface area contributed by atoms with Crippen LogP contribution in [0.2, 0.25) is 0 Å². The van der Waals surface area contributed by atoms with Crippen molar-refractivity contribution in [3.63, 3.8) is 0 Å². The lowest BCUT2D eigenvalue weighted by Gasteiger charge is -2.32. The number of thiazole rings is 1. The number of hydrogen-bond acceptors (Lipinski definition) is 5. The van der Waals surface area contributed by atoms with E-state index in [-0.39, 0.29) is 6.10 Å². The van der Waals surface area contributed by atoms with Gasteiger partial charge in [-0.2, -0.15) is 0 Å². The molecule has 2 aromatic carbocycles. The van der Waals surface area contributed by atoms with Crippen molar-refractivity contribution < 1.29 is 9.47 Å². The van der Waals surface area contributed by atoms with Gasteiger partial charge in [-0.15, -0.1) is 11.3 Å². The molecular formula is C22H24N2O2S. The zero-order chi connectivity index (χ0) is 18.5.